The molecule has 3 aromatic rings. The molecule has 1 aromatic heterocycles. The number of sulfonamides is 2. The molecular weight excluding hydrogens is 647 g/mol. The Bertz CT molecular complexity index is 1720. The van der Waals surface area contributed by atoms with Gasteiger partial charge in [0.2, 0.25) is 0 Å². The molecule has 0 radical (unpaired) electrons. The van der Waals surface area contributed by atoms with Gasteiger partial charge in [0.1, 0.15) is 5.75 Å². The standard InChI is InChI=1S/C32H45N5O8S2/c1-23-18-37(24(2)21-38)32(39)28-17-26(34-46(40,41)27-12-7-6-8-13-27)14-15-29(28)45-25(3)11-9-10-16-44-30(23)19-36(5)47(42,43)31-20-35(4)22-33-31/h6-8,12-15,17,20,22-25,30,34,38H,9-11,16,18-19,21H2,1-5H3/t23-,24-,25-,30-/m0/s1. The van der Waals surface area contributed by atoms with Crippen LogP contribution in [-0.2, 0) is 31.8 Å². The fraction of sp³-hybridized carbons (Fsp3) is 0.500. The van der Waals surface area contributed by atoms with Gasteiger partial charge in [-0.1, -0.05) is 25.1 Å². The van der Waals surface area contributed by atoms with Crippen LogP contribution in [0.25, 0.3) is 0 Å². The Morgan fingerprint density at radius 2 is 1.83 bits per heavy atom. The van der Waals surface area contributed by atoms with Gasteiger partial charge >= 0.3 is 0 Å². The van der Waals surface area contributed by atoms with E-state index in [4.69, 9.17) is 9.47 Å². The zero-order valence-electron chi connectivity index (χ0n) is 27.4. The topological polar surface area (TPSA) is 160 Å². The molecule has 4 atom stereocenters. The van der Waals surface area contributed by atoms with E-state index in [2.05, 4.69) is 9.71 Å². The van der Waals surface area contributed by atoms with E-state index in [0.29, 0.717) is 25.2 Å². The maximum absolute atomic E-state index is 14.3. The number of hydrogen-bond acceptors (Lipinski definition) is 9. The number of nitrogens with one attached hydrogen (secondary N) is 1. The summed E-state index contributed by atoms with van der Waals surface area (Å²) in [5.74, 6) is -0.564. The summed E-state index contributed by atoms with van der Waals surface area (Å²) >= 11 is 0. The normalized spacial score (nSPS) is 21.0. The summed E-state index contributed by atoms with van der Waals surface area (Å²) in [5.41, 5.74) is 0.299. The summed E-state index contributed by atoms with van der Waals surface area (Å²) in [6, 6.07) is 11.8. The number of likely N-dealkylation sites (N-methyl/N-ethyl adjacent to an activating group) is 1. The molecule has 15 heteroatoms. The average molecular weight is 692 g/mol. The van der Waals surface area contributed by atoms with Gasteiger partial charge in [0.15, 0.2) is 5.03 Å². The summed E-state index contributed by atoms with van der Waals surface area (Å²) in [5, 5.41) is 10.1. The molecule has 1 aliphatic rings. The smallest absolute Gasteiger partial charge is 0.261 e. The minimum atomic E-state index is -3.94. The van der Waals surface area contributed by atoms with Crippen molar-refractivity contribution in [1.82, 2.24) is 18.8 Å². The number of aliphatic hydroxyl groups is 1. The molecule has 0 saturated heterocycles. The third-order valence-corrected chi connectivity index (χ3v) is 11.3. The van der Waals surface area contributed by atoms with Crippen LogP contribution < -0.4 is 9.46 Å². The molecule has 258 valence electrons. The van der Waals surface area contributed by atoms with Crippen LogP contribution in [0.1, 0.15) is 50.4 Å². The average Bonchev–Trinajstić information content (AvgIpc) is 3.49. The van der Waals surface area contributed by atoms with Gasteiger partial charge in [-0.3, -0.25) is 9.52 Å². The number of amides is 1. The molecule has 0 fully saturated rings. The van der Waals surface area contributed by atoms with E-state index in [1.807, 2.05) is 13.8 Å². The third kappa shape index (κ3) is 9.11. The number of rotatable bonds is 9. The van der Waals surface area contributed by atoms with Gasteiger partial charge in [-0.2, -0.15) is 4.31 Å². The van der Waals surface area contributed by atoms with Crippen LogP contribution >= 0.6 is 0 Å². The van der Waals surface area contributed by atoms with E-state index in [1.54, 1.807) is 48.9 Å². The number of carbonyl (C=O) groups is 1. The number of aryl methyl sites for hydroxylation is 1. The molecule has 0 spiro atoms. The first-order valence-electron chi connectivity index (χ1n) is 15.6. The highest BCUT2D eigenvalue weighted by Gasteiger charge is 2.33. The molecule has 2 heterocycles. The Morgan fingerprint density at radius 1 is 1.11 bits per heavy atom. The van der Waals surface area contributed by atoms with Crippen LogP contribution in [0, 0.1) is 5.92 Å². The zero-order valence-corrected chi connectivity index (χ0v) is 29.1. The highest BCUT2D eigenvalue weighted by Crippen LogP contribution is 2.30. The Morgan fingerprint density at radius 3 is 2.49 bits per heavy atom. The number of imidazole rings is 1. The van der Waals surface area contributed by atoms with Crippen molar-refractivity contribution >= 4 is 31.6 Å². The quantitative estimate of drug-likeness (QED) is 0.343. The van der Waals surface area contributed by atoms with E-state index >= 15 is 0 Å². The second-order valence-corrected chi connectivity index (χ2v) is 15.8. The molecule has 0 unspecified atom stereocenters. The number of hydrogen-bond donors (Lipinski definition) is 2. The first-order chi connectivity index (χ1) is 22.2. The Labute approximate surface area is 277 Å². The Kier molecular flexibility index (Phi) is 12.1. The minimum absolute atomic E-state index is 0.0110. The van der Waals surface area contributed by atoms with Gasteiger partial charge in [0.25, 0.3) is 26.0 Å². The molecule has 1 aliphatic heterocycles. The van der Waals surface area contributed by atoms with Gasteiger partial charge in [0.05, 0.1) is 41.6 Å². The van der Waals surface area contributed by atoms with Crippen LogP contribution in [0.2, 0.25) is 0 Å². The predicted octanol–water partition coefficient (Wildman–Crippen LogP) is 3.34. The zero-order chi connectivity index (χ0) is 34.4. The molecule has 47 heavy (non-hydrogen) atoms. The number of aromatic nitrogens is 2. The summed E-state index contributed by atoms with van der Waals surface area (Å²) < 4.78 is 70.6. The molecule has 4 rings (SSSR count). The van der Waals surface area contributed by atoms with Gasteiger partial charge in [-0.05, 0) is 63.4 Å². The van der Waals surface area contributed by atoms with Crippen LogP contribution in [0.15, 0.2) is 71.0 Å². The molecule has 1 amide bonds. The van der Waals surface area contributed by atoms with Crippen molar-refractivity contribution in [1.29, 1.82) is 0 Å². The van der Waals surface area contributed by atoms with Crippen molar-refractivity contribution in [2.24, 2.45) is 13.0 Å². The second kappa shape index (κ2) is 15.6. The molecule has 2 aromatic carbocycles. The monoisotopic (exact) mass is 691 g/mol. The number of anilines is 1. The number of nitrogens with zero attached hydrogens (tertiary/aromatic N) is 4. The van der Waals surface area contributed by atoms with Gasteiger partial charge < -0.3 is 24.0 Å². The SMILES string of the molecule is C[C@H]1CCCCO[C@@H](CN(C)S(=O)(=O)c2cn(C)cn2)[C@@H](C)CN([C@@H](C)CO)C(=O)c2cc(NS(=O)(=O)c3ccccc3)ccc2O1. The molecule has 0 bridgehead atoms. The lowest BCUT2D eigenvalue weighted by Gasteiger charge is -2.35. The van der Waals surface area contributed by atoms with Crippen molar-refractivity contribution in [3.8, 4) is 5.75 Å². The van der Waals surface area contributed by atoms with Crippen LogP contribution in [0.4, 0.5) is 5.69 Å². The maximum atomic E-state index is 14.3. The number of carbonyl (C=O) groups excluding carboxylic acids is 1. The van der Waals surface area contributed by atoms with E-state index in [9.17, 15) is 26.7 Å². The number of aliphatic hydroxyl groups excluding tert-OH is 1. The third-order valence-electron chi connectivity index (χ3n) is 8.15. The molecule has 0 aliphatic carbocycles. The van der Waals surface area contributed by atoms with Crippen LogP contribution in [0.3, 0.4) is 0 Å². The Balaban J connectivity index is 1.68. The van der Waals surface area contributed by atoms with Crippen LogP contribution in [-0.4, -0.2) is 98.2 Å². The van der Waals surface area contributed by atoms with E-state index in [1.165, 1.54) is 47.0 Å². The number of fused-ring (bicyclic) bond motifs is 1. The fourth-order valence-corrected chi connectivity index (χ4v) is 7.51. The first kappa shape index (κ1) is 36.3. The van der Waals surface area contributed by atoms with Crippen molar-refractivity contribution in [2.75, 3.05) is 38.1 Å². The highest BCUT2D eigenvalue weighted by atomic mass is 32.2. The van der Waals surface area contributed by atoms with Gasteiger partial charge in [-0.15, -0.1) is 0 Å². The van der Waals surface area contributed by atoms with Gasteiger partial charge in [0, 0.05) is 51.6 Å². The summed E-state index contributed by atoms with van der Waals surface area (Å²) in [4.78, 5) is 19.9. The lowest BCUT2D eigenvalue weighted by Crippen LogP contribution is -2.48. The fourth-order valence-electron chi connectivity index (χ4n) is 5.30. The first-order valence-corrected chi connectivity index (χ1v) is 18.5. The Hall–Kier alpha value is -3.50. The predicted molar refractivity (Wildman–Crippen MR) is 177 cm³/mol. The van der Waals surface area contributed by atoms with Crippen molar-refractivity contribution < 1.29 is 36.2 Å². The second-order valence-electron chi connectivity index (χ2n) is 12.1. The number of benzene rings is 2. The van der Waals surface area contributed by atoms with Gasteiger partial charge in [-0.25, -0.2) is 21.8 Å². The lowest BCUT2D eigenvalue weighted by molar-refractivity contribution is -0.00835. The molecule has 2 N–H and O–H groups in total. The molecule has 0 saturated carbocycles. The molecule has 13 nitrogen and oxygen atoms in total. The minimum Gasteiger partial charge on any atom is -0.490 e. The number of ether oxygens (including phenoxy) is 2. The molecular formula is C32H45N5O8S2. The van der Waals surface area contributed by atoms with E-state index in [0.717, 1.165) is 6.42 Å². The summed E-state index contributed by atoms with van der Waals surface area (Å²) in [6.45, 7) is 5.62. The van der Waals surface area contributed by atoms with E-state index in [-0.39, 0.29) is 52.9 Å². The van der Waals surface area contributed by atoms with Crippen molar-refractivity contribution in [2.45, 2.75) is 68.2 Å². The largest absolute Gasteiger partial charge is 0.490 e. The van der Waals surface area contributed by atoms with Crippen molar-refractivity contribution in [3.63, 3.8) is 0 Å². The van der Waals surface area contributed by atoms with Crippen molar-refractivity contribution in [3.05, 3.63) is 66.6 Å². The summed E-state index contributed by atoms with van der Waals surface area (Å²) in [6.07, 6.45) is 4.10. The van der Waals surface area contributed by atoms with Crippen LogP contribution in [0.5, 0.6) is 5.75 Å². The van der Waals surface area contributed by atoms with E-state index < -0.39 is 38.1 Å². The highest BCUT2D eigenvalue weighted by molar-refractivity contribution is 7.92. The summed E-state index contributed by atoms with van der Waals surface area (Å²) in [7, 11) is -4.69. The lowest BCUT2D eigenvalue weighted by atomic mass is 10.0. The maximum Gasteiger partial charge on any atom is 0.261 e.